The lowest BCUT2D eigenvalue weighted by Crippen LogP contribution is -2.27. The van der Waals surface area contributed by atoms with E-state index in [1.807, 2.05) is 41.3 Å². The molecule has 1 fully saturated rings. The highest BCUT2D eigenvalue weighted by molar-refractivity contribution is 7.99. The number of likely N-dealkylation sites (tertiary alicyclic amines) is 1. The van der Waals surface area contributed by atoms with Crippen LogP contribution in [0.25, 0.3) is 0 Å². The van der Waals surface area contributed by atoms with Crippen molar-refractivity contribution in [3.8, 4) is 0 Å². The number of amides is 1. The Labute approximate surface area is 136 Å². The summed E-state index contributed by atoms with van der Waals surface area (Å²) in [7, 11) is 0. The van der Waals surface area contributed by atoms with Crippen molar-refractivity contribution in [1.82, 2.24) is 4.90 Å². The molecule has 114 valence electrons. The zero-order valence-electron chi connectivity index (χ0n) is 12.8. The first-order valence-electron chi connectivity index (χ1n) is 7.74. The van der Waals surface area contributed by atoms with Gasteiger partial charge in [0.2, 0.25) is 5.91 Å². The van der Waals surface area contributed by atoms with Gasteiger partial charge in [-0.05, 0) is 23.6 Å². The summed E-state index contributed by atoms with van der Waals surface area (Å²) in [4.78, 5) is 15.9. The minimum atomic E-state index is 0.133. The van der Waals surface area contributed by atoms with Crippen LogP contribution in [0.4, 0.5) is 0 Å². The van der Waals surface area contributed by atoms with Gasteiger partial charge in [-0.2, -0.15) is 0 Å². The third-order valence-electron chi connectivity index (χ3n) is 4.21. The summed E-state index contributed by atoms with van der Waals surface area (Å²) in [6, 6.07) is 20.6. The van der Waals surface area contributed by atoms with Crippen molar-refractivity contribution in [1.29, 1.82) is 0 Å². The molecule has 1 amide bonds. The largest absolute Gasteiger partial charge is 0.338 e. The van der Waals surface area contributed by atoms with E-state index < -0.39 is 0 Å². The van der Waals surface area contributed by atoms with Crippen LogP contribution in [0.15, 0.2) is 65.6 Å². The molecule has 2 aromatic carbocycles. The molecule has 0 N–H and O–H groups in total. The van der Waals surface area contributed by atoms with Gasteiger partial charge >= 0.3 is 0 Å². The second-order valence-corrected chi connectivity index (χ2v) is 7.01. The first kappa shape index (κ1) is 15.2. The summed E-state index contributed by atoms with van der Waals surface area (Å²) in [6.07, 6.45) is 0. The summed E-state index contributed by atoms with van der Waals surface area (Å²) in [5.41, 5.74) is 1.21. The zero-order chi connectivity index (χ0) is 15.4. The highest BCUT2D eigenvalue weighted by Gasteiger charge is 2.37. The Balaban J connectivity index is 1.60. The Bertz CT molecular complexity index is 614. The average molecular weight is 311 g/mol. The van der Waals surface area contributed by atoms with Gasteiger partial charge in [-0.25, -0.2) is 0 Å². The zero-order valence-corrected chi connectivity index (χ0v) is 13.6. The van der Waals surface area contributed by atoms with Crippen molar-refractivity contribution in [3.63, 3.8) is 0 Å². The summed E-state index contributed by atoms with van der Waals surface area (Å²) >= 11 is 1.79. The molecule has 2 atom stereocenters. The smallest absolute Gasteiger partial charge is 0.227 e. The van der Waals surface area contributed by atoms with E-state index in [0.717, 1.165) is 18.8 Å². The summed E-state index contributed by atoms with van der Waals surface area (Å²) in [5.74, 6) is 1.73. The highest BCUT2D eigenvalue weighted by Crippen LogP contribution is 2.31. The number of hydrogen-bond acceptors (Lipinski definition) is 2. The van der Waals surface area contributed by atoms with E-state index in [0.29, 0.717) is 11.8 Å². The van der Waals surface area contributed by atoms with Crippen molar-refractivity contribution in [3.05, 3.63) is 66.2 Å². The number of rotatable bonds is 5. The van der Waals surface area contributed by atoms with Crippen LogP contribution in [0.5, 0.6) is 0 Å². The molecule has 22 heavy (non-hydrogen) atoms. The van der Waals surface area contributed by atoms with Gasteiger partial charge in [-0.3, -0.25) is 4.79 Å². The number of carbonyl (C=O) groups excluding carboxylic acids is 1. The quantitative estimate of drug-likeness (QED) is 0.776. The second-order valence-electron chi connectivity index (χ2n) is 5.91. The summed E-state index contributed by atoms with van der Waals surface area (Å²) in [5, 5.41) is 0. The van der Waals surface area contributed by atoms with Gasteiger partial charge in [0.05, 0.1) is 5.92 Å². The molecule has 3 heteroatoms. The Kier molecular flexibility index (Phi) is 4.84. The SMILES string of the molecule is C[C@@H]1CN(Cc2ccccc2)C(=O)[C@@H]1CSc1ccccc1. The topological polar surface area (TPSA) is 20.3 Å². The van der Waals surface area contributed by atoms with E-state index in [4.69, 9.17) is 0 Å². The highest BCUT2D eigenvalue weighted by atomic mass is 32.2. The number of thioether (sulfide) groups is 1. The molecular formula is C19H21NOS. The van der Waals surface area contributed by atoms with Crippen LogP contribution in [0.3, 0.4) is 0 Å². The van der Waals surface area contributed by atoms with E-state index >= 15 is 0 Å². The summed E-state index contributed by atoms with van der Waals surface area (Å²) < 4.78 is 0. The number of nitrogens with zero attached hydrogens (tertiary/aromatic N) is 1. The van der Waals surface area contributed by atoms with Crippen molar-refractivity contribution in [2.75, 3.05) is 12.3 Å². The molecule has 1 saturated heterocycles. The van der Waals surface area contributed by atoms with Crippen LogP contribution in [0.2, 0.25) is 0 Å². The number of carbonyl (C=O) groups is 1. The van der Waals surface area contributed by atoms with E-state index in [-0.39, 0.29) is 5.92 Å². The molecule has 1 aliphatic rings. The van der Waals surface area contributed by atoms with Gasteiger partial charge in [-0.15, -0.1) is 11.8 Å². The lowest BCUT2D eigenvalue weighted by atomic mass is 10.0. The Morgan fingerprint density at radius 3 is 2.36 bits per heavy atom. The van der Waals surface area contributed by atoms with Gasteiger partial charge in [0.25, 0.3) is 0 Å². The molecule has 0 unspecified atom stereocenters. The van der Waals surface area contributed by atoms with E-state index in [2.05, 4.69) is 31.2 Å². The van der Waals surface area contributed by atoms with Crippen LogP contribution in [0.1, 0.15) is 12.5 Å². The fourth-order valence-corrected chi connectivity index (χ4v) is 4.12. The van der Waals surface area contributed by atoms with Crippen LogP contribution >= 0.6 is 11.8 Å². The fraction of sp³-hybridized carbons (Fsp3) is 0.316. The average Bonchev–Trinajstić information content (AvgIpc) is 2.81. The first-order chi connectivity index (χ1) is 10.7. The third-order valence-corrected chi connectivity index (χ3v) is 5.34. The second kappa shape index (κ2) is 7.01. The van der Waals surface area contributed by atoms with Gasteiger partial charge < -0.3 is 4.90 Å². The lowest BCUT2D eigenvalue weighted by Gasteiger charge is -2.16. The maximum Gasteiger partial charge on any atom is 0.227 e. The minimum absolute atomic E-state index is 0.133. The van der Waals surface area contributed by atoms with Crippen LogP contribution in [0, 0.1) is 11.8 Å². The molecule has 1 aliphatic heterocycles. The Morgan fingerprint density at radius 2 is 1.68 bits per heavy atom. The normalized spacial score (nSPS) is 21.3. The molecule has 0 saturated carbocycles. The van der Waals surface area contributed by atoms with Gasteiger partial charge in [0.1, 0.15) is 0 Å². The molecule has 0 spiro atoms. The van der Waals surface area contributed by atoms with Crippen LogP contribution in [-0.4, -0.2) is 23.1 Å². The molecule has 0 radical (unpaired) electrons. The van der Waals surface area contributed by atoms with Crippen molar-refractivity contribution in [2.24, 2.45) is 11.8 Å². The molecule has 0 aromatic heterocycles. The lowest BCUT2D eigenvalue weighted by molar-refractivity contribution is -0.131. The molecule has 0 aliphatic carbocycles. The molecule has 0 bridgehead atoms. The molecule has 3 rings (SSSR count). The van der Waals surface area contributed by atoms with Gasteiger partial charge in [0, 0.05) is 23.7 Å². The standard InChI is InChI=1S/C19H21NOS/c1-15-12-20(13-16-8-4-2-5-9-16)19(21)18(15)14-22-17-10-6-3-7-11-17/h2-11,15,18H,12-14H2,1H3/t15-,18-/m1/s1. The number of hydrogen-bond donors (Lipinski definition) is 0. The molecular weight excluding hydrogens is 290 g/mol. The van der Waals surface area contributed by atoms with Crippen molar-refractivity contribution >= 4 is 17.7 Å². The summed E-state index contributed by atoms with van der Waals surface area (Å²) in [6.45, 7) is 3.80. The van der Waals surface area contributed by atoms with E-state index in [1.54, 1.807) is 11.8 Å². The maximum atomic E-state index is 12.7. The van der Waals surface area contributed by atoms with Crippen LogP contribution in [-0.2, 0) is 11.3 Å². The number of benzene rings is 2. The minimum Gasteiger partial charge on any atom is -0.338 e. The predicted octanol–water partition coefficient (Wildman–Crippen LogP) is 4.07. The van der Waals surface area contributed by atoms with Crippen LogP contribution < -0.4 is 0 Å². The first-order valence-corrected chi connectivity index (χ1v) is 8.73. The van der Waals surface area contributed by atoms with E-state index in [1.165, 1.54) is 10.5 Å². The molecule has 2 nitrogen and oxygen atoms in total. The van der Waals surface area contributed by atoms with E-state index in [9.17, 15) is 4.79 Å². The predicted molar refractivity (Wildman–Crippen MR) is 91.7 cm³/mol. The van der Waals surface area contributed by atoms with Gasteiger partial charge in [-0.1, -0.05) is 55.5 Å². The Hall–Kier alpha value is -1.74. The van der Waals surface area contributed by atoms with Gasteiger partial charge in [0.15, 0.2) is 0 Å². The fourth-order valence-electron chi connectivity index (χ4n) is 2.93. The maximum absolute atomic E-state index is 12.7. The Morgan fingerprint density at radius 1 is 1.05 bits per heavy atom. The van der Waals surface area contributed by atoms with Crippen molar-refractivity contribution < 1.29 is 4.79 Å². The monoisotopic (exact) mass is 311 g/mol. The third kappa shape index (κ3) is 3.53. The molecule has 1 heterocycles. The molecule has 2 aromatic rings. The van der Waals surface area contributed by atoms with Crippen molar-refractivity contribution in [2.45, 2.75) is 18.4 Å².